The third-order valence-corrected chi connectivity index (χ3v) is 4.72. The highest BCUT2D eigenvalue weighted by molar-refractivity contribution is 5.77. The van der Waals surface area contributed by atoms with E-state index in [0.29, 0.717) is 0 Å². The number of hydrogen-bond donors (Lipinski definition) is 0. The van der Waals surface area contributed by atoms with Crippen molar-refractivity contribution in [1.29, 1.82) is 0 Å². The molecular weight excluding hydrogens is 288 g/mol. The second-order valence-corrected chi connectivity index (χ2v) is 6.43. The molecule has 1 fully saturated rings. The number of nitrogens with zero attached hydrogens (tertiary/aromatic N) is 2. The Bertz CT molecular complexity index is 521. The fourth-order valence-electron chi connectivity index (χ4n) is 3.32. The average Bonchev–Trinajstić information content (AvgIpc) is 2.62. The molecule has 124 valence electrons. The summed E-state index contributed by atoms with van der Waals surface area (Å²) in [5, 5.41) is 0. The van der Waals surface area contributed by atoms with E-state index in [0.717, 1.165) is 37.8 Å². The van der Waals surface area contributed by atoms with Gasteiger partial charge >= 0.3 is 0 Å². The van der Waals surface area contributed by atoms with Gasteiger partial charge in [0.05, 0.1) is 0 Å². The Morgan fingerprint density at radius 2 is 1.87 bits per heavy atom. The number of piperazine rings is 1. The summed E-state index contributed by atoms with van der Waals surface area (Å²) in [6.45, 7) is 4.91. The van der Waals surface area contributed by atoms with E-state index in [9.17, 15) is 4.79 Å². The smallest absolute Gasteiger partial charge is 0.260 e. The minimum atomic E-state index is 0.0918. The van der Waals surface area contributed by atoms with Crippen molar-refractivity contribution in [2.24, 2.45) is 5.92 Å². The van der Waals surface area contributed by atoms with Crippen LogP contribution in [0.4, 0.5) is 0 Å². The summed E-state index contributed by atoms with van der Waals surface area (Å²) in [6, 6.07) is 9.53. The Morgan fingerprint density at radius 1 is 1.09 bits per heavy atom. The topological polar surface area (TPSA) is 32.8 Å². The molecule has 4 heteroatoms. The maximum atomic E-state index is 12.2. The monoisotopic (exact) mass is 314 g/mol. The molecule has 1 aromatic rings. The van der Waals surface area contributed by atoms with E-state index in [2.05, 4.69) is 17.1 Å². The van der Waals surface area contributed by atoms with E-state index in [1.165, 1.54) is 25.8 Å². The van der Waals surface area contributed by atoms with Gasteiger partial charge in [0, 0.05) is 32.7 Å². The molecule has 1 heterocycles. The lowest BCUT2D eigenvalue weighted by molar-refractivity contribution is -0.135. The van der Waals surface area contributed by atoms with Crippen LogP contribution in [-0.4, -0.2) is 55.0 Å². The van der Waals surface area contributed by atoms with Gasteiger partial charge in [-0.3, -0.25) is 9.69 Å². The SMILES string of the molecule is O=C(COc1ccccc1)N1CCN(CC2CC=CCC2)CC1. The Balaban J connectivity index is 1.38. The van der Waals surface area contributed by atoms with E-state index < -0.39 is 0 Å². The second-order valence-electron chi connectivity index (χ2n) is 6.43. The molecule has 1 saturated heterocycles. The molecular formula is C19H26N2O2. The van der Waals surface area contributed by atoms with E-state index in [-0.39, 0.29) is 12.5 Å². The van der Waals surface area contributed by atoms with Gasteiger partial charge in [-0.2, -0.15) is 0 Å². The summed E-state index contributed by atoms with van der Waals surface area (Å²) in [5.74, 6) is 1.64. The number of allylic oxidation sites excluding steroid dienone is 2. The van der Waals surface area contributed by atoms with E-state index in [4.69, 9.17) is 4.74 Å². The molecule has 0 N–H and O–H groups in total. The number of amides is 1. The van der Waals surface area contributed by atoms with Gasteiger partial charge < -0.3 is 9.64 Å². The highest BCUT2D eigenvalue weighted by atomic mass is 16.5. The maximum Gasteiger partial charge on any atom is 0.260 e. The van der Waals surface area contributed by atoms with Gasteiger partial charge in [0.15, 0.2) is 6.61 Å². The van der Waals surface area contributed by atoms with Crippen LogP contribution in [0.1, 0.15) is 19.3 Å². The van der Waals surface area contributed by atoms with Gasteiger partial charge in [0.1, 0.15) is 5.75 Å². The molecule has 23 heavy (non-hydrogen) atoms. The van der Waals surface area contributed by atoms with Gasteiger partial charge in [-0.1, -0.05) is 30.4 Å². The lowest BCUT2D eigenvalue weighted by atomic mass is 9.94. The summed E-state index contributed by atoms with van der Waals surface area (Å²) in [6.07, 6.45) is 8.35. The standard InChI is InChI=1S/C19H26N2O2/c22-19(16-23-18-9-5-2-6-10-18)21-13-11-20(12-14-21)15-17-7-3-1-4-8-17/h1-3,5-6,9-10,17H,4,7-8,11-16H2. The van der Waals surface area contributed by atoms with Crippen molar-refractivity contribution in [2.45, 2.75) is 19.3 Å². The molecule has 3 rings (SSSR count). The third-order valence-electron chi connectivity index (χ3n) is 4.72. The van der Waals surface area contributed by atoms with Crippen molar-refractivity contribution < 1.29 is 9.53 Å². The van der Waals surface area contributed by atoms with Crippen LogP contribution in [0.15, 0.2) is 42.5 Å². The molecule has 1 aliphatic heterocycles. The second kappa shape index (κ2) is 8.16. The maximum absolute atomic E-state index is 12.2. The van der Waals surface area contributed by atoms with E-state index in [1.807, 2.05) is 35.2 Å². The highest BCUT2D eigenvalue weighted by Crippen LogP contribution is 2.20. The van der Waals surface area contributed by atoms with Crippen molar-refractivity contribution in [3.05, 3.63) is 42.5 Å². The van der Waals surface area contributed by atoms with E-state index in [1.54, 1.807) is 0 Å². The molecule has 4 nitrogen and oxygen atoms in total. The number of carbonyl (C=O) groups excluding carboxylic acids is 1. The number of hydrogen-bond acceptors (Lipinski definition) is 3. The minimum Gasteiger partial charge on any atom is -0.484 e. The first-order valence-electron chi connectivity index (χ1n) is 8.64. The quantitative estimate of drug-likeness (QED) is 0.783. The number of rotatable bonds is 5. The normalized spacial score (nSPS) is 22.1. The Labute approximate surface area is 138 Å². The van der Waals surface area contributed by atoms with Crippen LogP contribution >= 0.6 is 0 Å². The summed E-state index contributed by atoms with van der Waals surface area (Å²) in [4.78, 5) is 16.7. The molecule has 1 aromatic carbocycles. The van der Waals surface area contributed by atoms with Gasteiger partial charge in [0.25, 0.3) is 5.91 Å². The molecule has 1 amide bonds. The first-order valence-corrected chi connectivity index (χ1v) is 8.64. The lowest BCUT2D eigenvalue weighted by Gasteiger charge is -2.36. The Morgan fingerprint density at radius 3 is 2.57 bits per heavy atom. The number of benzene rings is 1. The van der Waals surface area contributed by atoms with E-state index >= 15 is 0 Å². The summed E-state index contributed by atoms with van der Waals surface area (Å²) < 4.78 is 5.56. The lowest BCUT2D eigenvalue weighted by Crippen LogP contribution is -2.50. The van der Waals surface area contributed by atoms with Crippen molar-refractivity contribution in [3.8, 4) is 5.75 Å². The predicted molar refractivity (Wildman–Crippen MR) is 91.4 cm³/mol. The molecule has 1 unspecified atom stereocenters. The van der Waals surface area contributed by atoms with Crippen LogP contribution < -0.4 is 4.74 Å². The van der Waals surface area contributed by atoms with Crippen molar-refractivity contribution in [1.82, 2.24) is 9.80 Å². The molecule has 0 bridgehead atoms. The van der Waals surface area contributed by atoms with Crippen LogP contribution in [0.5, 0.6) is 5.75 Å². The minimum absolute atomic E-state index is 0.0918. The molecule has 0 saturated carbocycles. The third kappa shape index (κ3) is 4.83. The summed E-state index contributed by atoms with van der Waals surface area (Å²) in [7, 11) is 0. The fourth-order valence-corrected chi connectivity index (χ4v) is 3.32. The van der Waals surface area contributed by atoms with Gasteiger partial charge in [-0.25, -0.2) is 0 Å². The Kier molecular flexibility index (Phi) is 5.70. The van der Waals surface area contributed by atoms with Crippen LogP contribution in [0, 0.1) is 5.92 Å². The number of ether oxygens (including phenoxy) is 1. The fraction of sp³-hybridized carbons (Fsp3) is 0.526. The first-order chi connectivity index (χ1) is 11.3. The van der Waals surface area contributed by atoms with Crippen molar-refractivity contribution in [3.63, 3.8) is 0 Å². The highest BCUT2D eigenvalue weighted by Gasteiger charge is 2.23. The molecule has 0 radical (unpaired) electrons. The number of para-hydroxylation sites is 1. The summed E-state index contributed by atoms with van der Waals surface area (Å²) >= 11 is 0. The van der Waals surface area contributed by atoms with Crippen LogP contribution in [-0.2, 0) is 4.79 Å². The molecule has 0 spiro atoms. The van der Waals surface area contributed by atoms with Gasteiger partial charge in [-0.05, 0) is 37.3 Å². The van der Waals surface area contributed by atoms with Crippen LogP contribution in [0.3, 0.4) is 0 Å². The zero-order valence-electron chi connectivity index (χ0n) is 13.7. The Hall–Kier alpha value is -1.81. The van der Waals surface area contributed by atoms with Crippen molar-refractivity contribution in [2.75, 3.05) is 39.3 Å². The van der Waals surface area contributed by atoms with Gasteiger partial charge in [-0.15, -0.1) is 0 Å². The van der Waals surface area contributed by atoms with Crippen molar-refractivity contribution >= 4 is 5.91 Å². The number of carbonyl (C=O) groups is 1. The first kappa shape index (κ1) is 16.1. The molecule has 0 aromatic heterocycles. The van der Waals surface area contributed by atoms with Crippen LogP contribution in [0.2, 0.25) is 0 Å². The molecule has 1 atom stereocenters. The molecule has 1 aliphatic carbocycles. The molecule has 2 aliphatic rings. The van der Waals surface area contributed by atoms with Gasteiger partial charge in [0.2, 0.25) is 0 Å². The largest absolute Gasteiger partial charge is 0.484 e. The predicted octanol–water partition coefficient (Wildman–Crippen LogP) is 2.57. The zero-order valence-corrected chi connectivity index (χ0v) is 13.7. The average molecular weight is 314 g/mol. The van der Waals surface area contributed by atoms with Crippen LogP contribution in [0.25, 0.3) is 0 Å². The summed E-state index contributed by atoms with van der Waals surface area (Å²) in [5.41, 5.74) is 0. The zero-order chi connectivity index (χ0) is 15.9.